The molecule has 0 bridgehead atoms. The number of amides is 1. The summed E-state index contributed by atoms with van der Waals surface area (Å²) in [6, 6.07) is 0.547. The Kier molecular flexibility index (Phi) is 5.52. The summed E-state index contributed by atoms with van der Waals surface area (Å²) in [6.45, 7) is 8.40. The molecule has 2 heterocycles. The fraction of sp³-hybridized carbons (Fsp3) is 0.800. The van der Waals surface area contributed by atoms with Gasteiger partial charge in [-0.25, -0.2) is 4.98 Å². The Morgan fingerprint density at radius 2 is 2.00 bits per heavy atom. The molecule has 5 nitrogen and oxygen atoms in total. The van der Waals surface area contributed by atoms with Crippen molar-refractivity contribution in [3.05, 3.63) is 17.7 Å². The molecule has 1 atom stereocenters. The number of carbonyl (C=O) groups is 1. The highest BCUT2D eigenvalue weighted by molar-refractivity contribution is 5.79. The van der Waals surface area contributed by atoms with Gasteiger partial charge in [0.1, 0.15) is 0 Å². The van der Waals surface area contributed by atoms with Crippen molar-refractivity contribution < 1.29 is 4.79 Å². The van der Waals surface area contributed by atoms with Crippen LogP contribution in [0.15, 0.2) is 6.33 Å². The summed E-state index contributed by atoms with van der Waals surface area (Å²) in [5.74, 6) is 1.36. The average Bonchev–Trinajstić information content (AvgIpc) is 2.97. The molecule has 0 N–H and O–H groups in total. The van der Waals surface area contributed by atoms with Gasteiger partial charge in [-0.05, 0) is 52.5 Å². The lowest BCUT2D eigenvalue weighted by Gasteiger charge is -2.40. The molecule has 1 aromatic rings. The number of fused-ring (bicyclic) bond motifs is 1. The van der Waals surface area contributed by atoms with Crippen LogP contribution in [0.2, 0.25) is 0 Å². The van der Waals surface area contributed by atoms with Crippen LogP contribution in [0.1, 0.15) is 63.9 Å². The summed E-state index contributed by atoms with van der Waals surface area (Å²) in [4.78, 5) is 22.5. The molecule has 1 fully saturated rings. The number of carbonyl (C=O) groups excluding carboxylic acids is 1. The zero-order chi connectivity index (χ0) is 18.1. The predicted molar refractivity (Wildman–Crippen MR) is 100 cm³/mol. The Bertz CT molecular complexity index is 601. The minimum absolute atomic E-state index is 0.0872. The monoisotopic (exact) mass is 346 g/mol. The van der Waals surface area contributed by atoms with E-state index in [1.54, 1.807) is 0 Å². The molecule has 1 unspecified atom stereocenters. The van der Waals surface area contributed by atoms with E-state index < -0.39 is 0 Å². The third-order valence-corrected chi connectivity index (χ3v) is 6.36. The largest absolute Gasteiger partial charge is 0.337 e. The number of likely N-dealkylation sites (N-methyl/N-ethyl adjacent to an activating group) is 1. The van der Waals surface area contributed by atoms with Crippen molar-refractivity contribution in [2.75, 3.05) is 20.1 Å². The topological polar surface area (TPSA) is 41.4 Å². The Hall–Kier alpha value is -1.36. The number of nitrogens with zero attached hydrogens (tertiary/aromatic N) is 4. The third-order valence-electron chi connectivity index (χ3n) is 6.36. The number of imidazole rings is 1. The Morgan fingerprint density at radius 3 is 2.64 bits per heavy atom. The standard InChI is InChI=1S/C20H34N4O/c1-14(2)22(4)12-18-19-17(23(5)13-21-19)10-11-24(18)20(25)16-8-6-15(3)7-9-16/h13-16,18H,6-12H2,1-5H3. The van der Waals surface area contributed by atoms with Gasteiger partial charge in [0.05, 0.1) is 18.1 Å². The van der Waals surface area contributed by atoms with Gasteiger partial charge < -0.3 is 14.4 Å². The van der Waals surface area contributed by atoms with Crippen molar-refractivity contribution in [2.24, 2.45) is 18.9 Å². The highest BCUT2D eigenvalue weighted by Crippen LogP contribution is 2.35. The first-order valence-electron chi connectivity index (χ1n) is 9.89. The summed E-state index contributed by atoms with van der Waals surface area (Å²) < 4.78 is 2.13. The summed E-state index contributed by atoms with van der Waals surface area (Å²) in [5.41, 5.74) is 2.40. The Balaban J connectivity index is 1.82. The molecule has 5 heteroatoms. The van der Waals surface area contributed by atoms with Crippen LogP contribution in [-0.4, -0.2) is 51.4 Å². The first-order chi connectivity index (χ1) is 11.9. The maximum Gasteiger partial charge on any atom is 0.226 e. The van der Waals surface area contributed by atoms with Gasteiger partial charge in [-0.1, -0.05) is 6.92 Å². The van der Waals surface area contributed by atoms with E-state index >= 15 is 0 Å². The maximum atomic E-state index is 13.3. The van der Waals surface area contributed by atoms with E-state index in [4.69, 9.17) is 0 Å². The highest BCUT2D eigenvalue weighted by Gasteiger charge is 2.37. The predicted octanol–water partition coefficient (Wildman–Crippen LogP) is 3.01. The lowest BCUT2D eigenvalue weighted by molar-refractivity contribution is -0.140. The maximum absolute atomic E-state index is 13.3. The van der Waals surface area contributed by atoms with Crippen molar-refractivity contribution in [1.29, 1.82) is 0 Å². The minimum atomic E-state index is 0.0872. The first-order valence-corrected chi connectivity index (χ1v) is 9.89. The van der Waals surface area contributed by atoms with Crippen molar-refractivity contribution in [3.8, 4) is 0 Å². The van der Waals surface area contributed by atoms with Crippen LogP contribution in [0.4, 0.5) is 0 Å². The Morgan fingerprint density at radius 1 is 1.32 bits per heavy atom. The fourth-order valence-electron chi connectivity index (χ4n) is 4.26. The van der Waals surface area contributed by atoms with E-state index in [0.29, 0.717) is 11.9 Å². The first kappa shape index (κ1) is 18.4. The van der Waals surface area contributed by atoms with Crippen LogP contribution in [0.25, 0.3) is 0 Å². The molecular formula is C20H34N4O. The van der Waals surface area contributed by atoms with Gasteiger partial charge in [-0.3, -0.25) is 4.79 Å². The molecule has 1 aliphatic carbocycles. The molecule has 1 amide bonds. The highest BCUT2D eigenvalue weighted by atomic mass is 16.2. The number of rotatable bonds is 4. The molecule has 0 saturated heterocycles. The molecule has 3 rings (SSSR count). The molecular weight excluding hydrogens is 312 g/mol. The normalized spacial score (nSPS) is 27.0. The van der Waals surface area contributed by atoms with Crippen LogP contribution in [0.5, 0.6) is 0 Å². The van der Waals surface area contributed by atoms with Crippen molar-refractivity contribution in [1.82, 2.24) is 19.4 Å². The molecule has 1 saturated carbocycles. The van der Waals surface area contributed by atoms with Crippen LogP contribution >= 0.6 is 0 Å². The molecule has 140 valence electrons. The van der Waals surface area contributed by atoms with Crippen molar-refractivity contribution >= 4 is 5.91 Å². The van der Waals surface area contributed by atoms with Crippen LogP contribution in [-0.2, 0) is 18.3 Å². The molecule has 25 heavy (non-hydrogen) atoms. The van der Waals surface area contributed by atoms with Crippen LogP contribution in [0, 0.1) is 11.8 Å². The zero-order valence-electron chi connectivity index (χ0n) is 16.5. The summed E-state index contributed by atoms with van der Waals surface area (Å²) in [6.07, 6.45) is 7.31. The van der Waals surface area contributed by atoms with E-state index in [2.05, 4.69) is 54.2 Å². The molecule has 0 aromatic carbocycles. The number of aryl methyl sites for hydroxylation is 1. The van der Waals surface area contributed by atoms with Gasteiger partial charge in [0, 0.05) is 44.2 Å². The van der Waals surface area contributed by atoms with E-state index in [0.717, 1.165) is 44.0 Å². The average molecular weight is 347 g/mol. The van der Waals surface area contributed by atoms with E-state index in [9.17, 15) is 4.79 Å². The molecule has 1 aliphatic heterocycles. The molecule has 1 aromatic heterocycles. The Labute approximate surface area is 152 Å². The zero-order valence-corrected chi connectivity index (χ0v) is 16.5. The number of hydrogen-bond donors (Lipinski definition) is 0. The second kappa shape index (κ2) is 7.48. The summed E-state index contributed by atoms with van der Waals surface area (Å²) in [5, 5.41) is 0. The summed E-state index contributed by atoms with van der Waals surface area (Å²) >= 11 is 0. The number of aromatic nitrogens is 2. The summed E-state index contributed by atoms with van der Waals surface area (Å²) in [7, 11) is 4.21. The third kappa shape index (κ3) is 3.76. The van der Waals surface area contributed by atoms with Gasteiger partial charge in [-0.15, -0.1) is 0 Å². The van der Waals surface area contributed by atoms with Crippen LogP contribution < -0.4 is 0 Å². The van der Waals surface area contributed by atoms with Gasteiger partial charge >= 0.3 is 0 Å². The van der Waals surface area contributed by atoms with Crippen molar-refractivity contribution in [3.63, 3.8) is 0 Å². The van der Waals surface area contributed by atoms with Gasteiger partial charge in [0.2, 0.25) is 5.91 Å². The van der Waals surface area contributed by atoms with E-state index in [-0.39, 0.29) is 12.0 Å². The number of hydrogen-bond acceptors (Lipinski definition) is 3. The lowest BCUT2D eigenvalue weighted by Crippen LogP contribution is -2.48. The minimum Gasteiger partial charge on any atom is -0.337 e. The fourth-order valence-corrected chi connectivity index (χ4v) is 4.26. The SMILES string of the molecule is CC1CCC(C(=O)N2CCc3c(ncn3C)C2CN(C)C(C)C)CC1. The molecule has 2 aliphatic rings. The lowest BCUT2D eigenvalue weighted by atomic mass is 9.82. The second-order valence-electron chi connectivity index (χ2n) is 8.47. The van der Waals surface area contributed by atoms with Crippen molar-refractivity contribution in [2.45, 2.75) is 65.0 Å². The van der Waals surface area contributed by atoms with E-state index in [1.165, 1.54) is 18.5 Å². The van der Waals surface area contributed by atoms with E-state index in [1.807, 2.05) is 6.33 Å². The second-order valence-corrected chi connectivity index (χ2v) is 8.47. The molecule has 0 spiro atoms. The van der Waals surface area contributed by atoms with Gasteiger partial charge in [0.25, 0.3) is 0 Å². The van der Waals surface area contributed by atoms with Crippen LogP contribution in [0.3, 0.4) is 0 Å². The quantitative estimate of drug-likeness (QED) is 0.841. The van der Waals surface area contributed by atoms with Gasteiger partial charge in [0.15, 0.2) is 0 Å². The smallest absolute Gasteiger partial charge is 0.226 e. The molecule has 0 radical (unpaired) electrons. The van der Waals surface area contributed by atoms with Gasteiger partial charge in [-0.2, -0.15) is 0 Å².